The standard InChI is InChI=1S/C8H16N2O4/c1-8(2,3)14-6(11)4-5(10-13)7(9)12/h5,10,13H,4H2,1-3H3,(H2,9,12)/t5-/m0/s1. The number of esters is 1. The Morgan fingerprint density at radius 1 is 1.50 bits per heavy atom. The molecule has 1 amide bonds. The summed E-state index contributed by atoms with van der Waals surface area (Å²) in [5, 5.41) is 8.49. The third-order valence-electron chi connectivity index (χ3n) is 1.29. The van der Waals surface area contributed by atoms with Crippen LogP contribution in [0, 0.1) is 0 Å². The lowest BCUT2D eigenvalue weighted by molar-refractivity contribution is -0.157. The summed E-state index contributed by atoms with van der Waals surface area (Å²) in [6.45, 7) is 5.11. The zero-order valence-electron chi connectivity index (χ0n) is 8.53. The molecule has 0 saturated carbocycles. The highest BCUT2D eigenvalue weighted by molar-refractivity contribution is 5.85. The van der Waals surface area contributed by atoms with Gasteiger partial charge in [-0.25, -0.2) is 0 Å². The summed E-state index contributed by atoms with van der Waals surface area (Å²) >= 11 is 0. The third-order valence-corrected chi connectivity index (χ3v) is 1.29. The maximum absolute atomic E-state index is 11.2. The van der Waals surface area contributed by atoms with E-state index in [1.54, 1.807) is 26.3 Å². The zero-order chi connectivity index (χ0) is 11.4. The van der Waals surface area contributed by atoms with Gasteiger partial charge in [-0.1, -0.05) is 0 Å². The molecule has 82 valence electrons. The molecule has 1 atom stereocenters. The van der Waals surface area contributed by atoms with Crippen molar-refractivity contribution < 1.29 is 19.5 Å². The first-order valence-corrected chi connectivity index (χ1v) is 4.17. The van der Waals surface area contributed by atoms with Crippen molar-refractivity contribution in [1.29, 1.82) is 0 Å². The lowest BCUT2D eigenvalue weighted by Gasteiger charge is -2.20. The van der Waals surface area contributed by atoms with Crippen molar-refractivity contribution in [2.45, 2.75) is 38.8 Å². The average Bonchev–Trinajstić information content (AvgIpc) is 1.96. The highest BCUT2D eigenvalue weighted by Gasteiger charge is 2.23. The van der Waals surface area contributed by atoms with Gasteiger partial charge >= 0.3 is 5.97 Å². The molecule has 4 N–H and O–H groups in total. The molecule has 0 fully saturated rings. The van der Waals surface area contributed by atoms with Gasteiger partial charge in [0.05, 0.1) is 6.42 Å². The number of nitrogens with two attached hydrogens (primary N) is 1. The van der Waals surface area contributed by atoms with E-state index in [1.165, 1.54) is 0 Å². The Hall–Kier alpha value is -1.14. The fraction of sp³-hybridized carbons (Fsp3) is 0.750. The summed E-state index contributed by atoms with van der Waals surface area (Å²) in [7, 11) is 0. The molecule has 6 nitrogen and oxygen atoms in total. The highest BCUT2D eigenvalue weighted by atomic mass is 16.6. The minimum Gasteiger partial charge on any atom is -0.460 e. The van der Waals surface area contributed by atoms with E-state index in [1.807, 2.05) is 0 Å². The summed E-state index contributed by atoms with van der Waals surface area (Å²) < 4.78 is 4.92. The summed E-state index contributed by atoms with van der Waals surface area (Å²) in [6.07, 6.45) is -0.289. The van der Waals surface area contributed by atoms with Crippen LogP contribution in [0.15, 0.2) is 0 Å². The van der Waals surface area contributed by atoms with Gasteiger partial charge < -0.3 is 15.7 Å². The van der Waals surface area contributed by atoms with Gasteiger partial charge in [-0.2, -0.15) is 5.48 Å². The minimum absolute atomic E-state index is 0.289. The number of primary amides is 1. The second-order valence-corrected chi connectivity index (χ2v) is 3.87. The first-order chi connectivity index (χ1) is 6.26. The molecule has 0 aliphatic rings. The van der Waals surface area contributed by atoms with E-state index in [0.29, 0.717) is 0 Å². The second kappa shape index (κ2) is 4.92. The van der Waals surface area contributed by atoms with Crippen molar-refractivity contribution >= 4 is 11.9 Å². The fourth-order valence-corrected chi connectivity index (χ4v) is 0.760. The molecule has 0 saturated heterocycles. The second-order valence-electron chi connectivity index (χ2n) is 3.87. The quantitative estimate of drug-likeness (QED) is 0.425. The van der Waals surface area contributed by atoms with Crippen LogP contribution in [-0.2, 0) is 14.3 Å². The molecule has 0 aromatic heterocycles. The van der Waals surface area contributed by atoms with Crippen molar-refractivity contribution in [2.24, 2.45) is 5.73 Å². The number of hydrogen-bond donors (Lipinski definition) is 3. The van der Waals surface area contributed by atoms with Gasteiger partial charge in [0.25, 0.3) is 0 Å². The van der Waals surface area contributed by atoms with Crippen molar-refractivity contribution in [1.82, 2.24) is 5.48 Å². The van der Waals surface area contributed by atoms with E-state index in [0.717, 1.165) is 0 Å². The lowest BCUT2D eigenvalue weighted by Crippen LogP contribution is -2.42. The van der Waals surface area contributed by atoms with Crippen LogP contribution in [-0.4, -0.2) is 28.7 Å². The van der Waals surface area contributed by atoms with Crippen LogP contribution < -0.4 is 11.2 Å². The molecule has 0 radical (unpaired) electrons. The Morgan fingerprint density at radius 2 is 2.00 bits per heavy atom. The number of carbonyl (C=O) groups excluding carboxylic acids is 2. The van der Waals surface area contributed by atoms with Gasteiger partial charge in [0.2, 0.25) is 5.91 Å². The van der Waals surface area contributed by atoms with Gasteiger partial charge in [0.15, 0.2) is 0 Å². The van der Waals surface area contributed by atoms with Gasteiger partial charge in [-0.05, 0) is 20.8 Å². The molecule has 0 rings (SSSR count). The van der Waals surface area contributed by atoms with Crippen molar-refractivity contribution in [3.63, 3.8) is 0 Å². The first kappa shape index (κ1) is 12.9. The number of rotatable bonds is 4. The van der Waals surface area contributed by atoms with Crippen LogP contribution in [0.1, 0.15) is 27.2 Å². The van der Waals surface area contributed by atoms with Gasteiger partial charge in [0, 0.05) is 0 Å². The van der Waals surface area contributed by atoms with Crippen molar-refractivity contribution in [3.8, 4) is 0 Å². The highest BCUT2D eigenvalue weighted by Crippen LogP contribution is 2.08. The summed E-state index contributed by atoms with van der Waals surface area (Å²) in [6, 6.07) is -1.11. The van der Waals surface area contributed by atoms with E-state index in [-0.39, 0.29) is 6.42 Å². The van der Waals surface area contributed by atoms with Crippen LogP contribution in [0.3, 0.4) is 0 Å². The number of hydrogen-bond acceptors (Lipinski definition) is 5. The molecule has 0 aliphatic carbocycles. The number of nitrogens with one attached hydrogen (secondary N) is 1. The number of amides is 1. The molecule has 14 heavy (non-hydrogen) atoms. The summed E-state index contributed by atoms with van der Waals surface area (Å²) in [5.74, 6) is -1.40. The first-order valence-electron chi connectivity index (χ1n) is 4.17. The average molecular weight is 204 g/mol. The Kier molecular flexibility index (Phi) is 4.52. The largest absolute Gasteiger partial charge is 0.460 e. The van der Waals surface area contributed by atoms with Crippen LogP contribution in [0.4, 0.5) is 0 Å². The summed E-state index contributed by atoms with van der Waals surface area (Å²) in [5.41, 5.74) is 5.92. The Balaban J connectivity index is 4.11. The van der Waals surface area contributed by atoms with Crippen LogP contribution in [0.2, 0.25) is 0 Å². The maximum Gasteiger partial charge on any atom is 0.308 e. The van der Waals surface area contributed by atoms with Crippen LogP contribution >= 0.6 is 0 Å². The molecule has 0 aliphatic heterocycles. The Labute approximate surface area is 82.4 Å². The molecule has 0 spiro atoms. The third kappa shape index (κ3) is 5.50. The molecule has 0 heterocycles. The zero-order valence-corrected chi connectivity index (χ0v) is 8.53. The molecule has 0 bridgehead atoms. The molecule has 0 aromatic carbocycles. The van der Waals surface area contributed by atoms with Gasteiger partial charge in [-0.3, -0.25) is 9.59 Å². The van der Waals surface area contributed by atoms with Crippen LogP contribution in [0.5, 0.6) is 0 Å². The van der Waals surface area contributed by atoms with E-state index in [4.69, 9.17) is 15.7 Å². The molecule has 6 heteroatoms. The Bertz CT molecular complexity index is 222. The van der Waals surface area contributed by atoms with Gasteiger partial charge in [0.1, 0.15) is 11.6 Å². The van der Waals surface area contributed by atoms with E-state index < -0.39 is 23.5 Å². The Morgan fingerprint density at radius 3 is 2.29 bits per heavy atom. The van der Waals surface area contributed by atoms with Crippen molar-refractivity contribution in [2.75, 3.05) is 0 Å². The van der Waals surface area contributed by atoms with E-state index in [9.17, 15) is 9.59 Å². The normalized spacial score (nSPS) is 13.4. The predicted octanol–water partition coefficient (Wildman–Crippen LogP) is -0.449. The van der Waals surface area contributed by atoms with Crippen LogP contribution in [0.25, 0.3) is 0 Å². The molecular weight excluding hydrogens is 188 g/mol. The van der Waals surface area contributed by atoms with E-state index >= 15 is 0 Å². The smallest absolute Gasteiger partial charge is 0.308 e. The number of ether oxygens (including phenoxy) is 1. The number of carbonyl (C=O) groups is 2. The predicted molar refractivity (Wildman–Crippen MR) is 48.4 cm³/mol. The molecular formula is C8H16N2O4. The molecule has 0 aromatic rings. The fourth-order valence-electron chi connectivity index (χ4n) is 0.760. The maximum atomic E-state index is 11.2. The van der Waals surface area contributed by atoms with Gasteiger partial charge in [-0.15, -0.1) is 0 Å². The van der Waals surface area contributed by atoms with Crippen molar-refractivity contribution in [3.05, 3.63) is 0 Å². The topological polar surface area (TPSA) is 102 Å². The number of hydroxylamine groups is 1. The molecule has 0 unspecified atom stereocenters. The van der Waals surface area contributed by atoms with E-state index in [2.05, 4.69) is 0 Å². The lowest BCUT2D eigenvalue weighted by atomic mass is 10.1. The summed E-state index contributed by atoms with van der Waals surface area (Å²) in [4.78, 5) is 21.8. The monoisotopic (exact) mass is 204 g/mol. The minimum atomic E-state index is -1.11. The SMILES string of the molecule is CC(C)(C)OC(=O)C[C@H](NO)C(N)=O.